The van der Waals surface area contributed by atoms with Crippen LogP contribution in [0.3, 0.4) is 0 Å². The molecular weight excluding hydrogens is 406 g/mol. The van der Waals surface area contributed by atoms with E-state index in [2.05, 4.69) is 10.0 Å². The van der Waals surface area contributed by atoms with Gasteiger partial charge in [0.25, 0.3) is 21.6 Å². The first-order valence-corrected chi connectivity index (χ1v) is 10.4. The van der Waals surface area contributed by atoms with E-state index in [-0.39, 0.29) is 16.1 Å². The summed E-state index contributed by atoms with van der Waals surface area (Å²) in [5.74, 6) is -0.464. The molecule has 1 amide bonds. The number of hydrogen-bond acceptors (Lipinski definition) is 5. The molecule has 8 nitrogen and oxygen atoms in total. The highest BCUT2D eigenvalue weighted by atomic mass is 32.2. The van der Waals surface area contributed by atoms with Gasteiger partial charge in [0.05, 0.1) is 15.5 Å². The Balaban J connectivity index is 1.82. The maximum absolute atomic E-state index is 12.6. The first kappa shape index (κ1) is 21.0. The van der Waals surface area contributed by atoms with E-state index in [0.717, 1.165) is 0 Å². The van der Waals surface area contributed by atoms with Gasteiger partial charge in [-0.25, -0.2) is 8.42 Å². The zero-order valence-electron chi connectivity index (χ0n) is 16.2. The first-order valence-electron chi connectivity index (χ1n) is 8.92. The minimum absolute atomic E-state index is 0.0699. The summed E-state index contributed by atoms with van der Waals surface area (Å²) < 4.78 is 27.7. The number of nitro groups is 1. The third-order valence-corrected chi connectivity index (χ3v) is 5.83. The van der Waals surface area contributed by atoms with Crippen molar-refractivity contribution in [3.8, 4) is 0 Å². The van der Waals surface area contributed by atoms with Crippen LogP contribution < -0.4 is 10.0 Å². The van der Waals surface area contributed by atoms with Crippen molar-refractivity contribution >= 4 is 33.0 Å². The van der Waals surface area contributed by atoms with Crippen molar-refractivity contribution in [3.05, 3.63) is 93.5 Å². The zero-order chi connectivity index (χ0) is 21.9. The van der Waals surface area contributed by atoms with Gasteiger partial charge in [0.2, 0.25) is 0 Å². The molecule has 0 aliphatic carbocycles. The van der Waals surface area contributed by atoms with Crippen LogP contribution in [0.1, 0.15) is 21.5 Å². The van der Waals surface area contributed by atoms with E-state index in [0.29, 0.717) is 22.5 Å². The molecule has 0 saturated heterocycles. The minimum Gasteiger partial charge on any atom is -0.322 e. The monoisotopic (exact) mass is 425 g/mol. The summed E-state index contributed by atoms with van der Waals surface area (Å²) in [5.41, 5.74) is 1.94. The van der Waals surface area contributed by atoms with Gasteiger partial charge in [0.15, 0.2) is 0 Å². The summed E-state index contributed by atoms with van der Waals surface area (Å²) in [6.45, 7) is 3.30. The number of hydrogen-bond donors (Lipinski definition) is 2. The second-order valence-corrected chi connectivity index (χ2v) is 8.34. The Kier molecular flexibility index (Phi) is 5.84. The lowest BCUT2D eigenvalue weighted by Crippen LogP contribution is -2.15. The van der Waals surface area contributed by atoms with Gasteiger partial charge in [-0.3, -0.25) is 19.6 Å². The molecule has 3 aromatic rings. The summed E-state index contributed by atoms with van der Waals surface area (Å²) in [6, 6.07) is 16.9. The fraction of sp³-hybridized carbons (Fsp3) is 0.0952. The van der Waals surface area contributed by atoms with Gasteiger partial charge in [-0.1, -0.05) is 24.3 Å². The minimum atomic E-state index is -3.78. The van der Waals surface area contributed by atoms with Gasteiger partial charge < -0.3 is 5.32 Å². The Morgan fingerprint density at radius 3 is 2.27 bits per heavy atom. The quantitative estimate of drug-likeness (QED) is 0.452. The zero-order valence-corrected chi connectivity index (χ0v) is 17.1. The van der Waals surface area contributed by atoms with Crippen molar-refractivity contribution in [2.45, 2.75) is 18.7 Å². The second-order valence-electron chi connectivity index (χ2n) is 6.66. The lowest BCUT2D eigenvalue weighted by Gasteiger charge is -2.13. The Labute approximate surface area is 173 Å². The predicted octanol–water partition coefficient (Wildman–Crippen LogP) is 4.26. The molecule has 0 aliphatic rings. The highest BCUT2D eigenvalue weighted by Crippen LogP contribution is 2.25. The summed E-state index contributed by atoms with van der Waals surface area (Å²) in [6.07, 6.45) is 0. The van der Waals surface area contributed by atoms with Crippen molar-refractivity contribution < 1.29 is 18.1 Å². The van der Waals surface area contributed by atoms with Gasteiger partial charge in [0.1, 0.15) is 0 Å². The van der Waals surface area contributed by atoms with Crippen LogP contribution >= 0.6 is 0 Å². The summed E-state index contributed by atoms with van der Waals surface area (Å²) >= 11 is 0. The van der Waals surface area contributed by atoms with E-state index < -0.39 is 20.9 Å². The molecule has 0 unspecified atom stereocenters. The van der Waals surface area contributed by atoms with Crippen LogP contribution in [0.25, 0.3) is 0 Å². The van der Waals surface area contributed by atoms with E-state index in [1.165, 1.54) is 36.4 Å². The molecule has 3 aromatic carbocycles. The van der Waals surface area contributed by atoms with Crippen molar-refractivity contribution in [1.29, 1.82) is 0 Å². The van der Waals surface area contributed by atoms with Gasteiger partial charge in [-0.05, 0) is 55.8 Å². The molecule has 0 bridgehead atoms. The lowest BCUT2D eigenvalue weighted by atomic mass is 10.1. The highest BCUT2D eigenvalue weighted by molar-refractivity contribution is 7.92. The Bertz CT molecular complexity index is 1220. The summed E-state index contributed by atoms with van der Waals surface area (Å²) in [7, 11) is -3.78. The largest absolute Gasteiger partial charge is 0.322 e. The molecule has 154 valence electrons. The van der Waals surface area contributed by atoms with Crippen molar-refractivity contribution in [2.24, 2.45) is 0 Å². The maximum Gasteiger partial charge on any atom is 0.272 e. The molecule has 0 spiro atoms. The number of rotatable bonds is 6. The third-order valence-electron chi connectivity index (χ3n) is 4.45. The first-order chi connectivity index (χ1) is 14.2. The van der Waals surface area contributed by atoms with Gasteiger partial charge in [-0.2, -0.15) is 0 Å². The Morgan fingerprint density at radius 1 is 0.933 bits per heavy atom. The molecule has 3 rings (SSSR count). The number of carbonyl (C=O) groups excluding carboxylic acids is 1. The third kappa shape index (κ3) is 4.64. The van der Waals surface area contributed by atoms with Gasteiger partial charge in [-0.15, -0.1) is 0 Å². The Morgan fingerprint density at radius 2 is 1.63 bits per heavy atom. The van der Waals surface area contributed by atoms with Gasteiger partial charge >= 0.3 is 0 Å². The molecule has 0 saturated carbocycles. The number of amides is 1. The number of anilines is 2. The van der Waals surface area contributed by atoms with Crippen LogP contribution in [0.15, 0.2) is 71.6 Å². The standard InChI is InChI=1S/C21H19N3O5S/c1-14-8-10-17(13-19(14)23-30(28,29)18-6-4-3-5-7-18)22-21(25)16-9-11-20(24(26)27)15(2)12-16/h3-13,23H,1-2H3,(H,22,25). The molecule has 0 radical (unpaired) electrons. The molecule has 0 heterocycles. The molecule has 0 fully saturated rings. The van der Waals surface area contributed by atoms with E-state index >= 15 is 0 Å². The van der Waals surface area contributed by atoms with Crippen LogP contribution in [0.2, 0.25) is 0 Å². The molecule has 30 heavy (non-hydrogen) atoms. The topological polar surface area (TPSA) is 118 Å². The van der Waals surface area contributed by atoms with E-state index in [1.54, 1.807) is 44.2 Å². The number of benzene rings is 3. The fourth-order valence-corrected chi connectivity index (χ4v) is 3.96. The Hall–Kier alpha value is -3.72. The number of nitrogens with zero attached hydrogens (tertiary/aromatic N) is 1. The van der Waals surface area contributed by atoms with Crippen molar-refractivity contribution in [1.82, 2.24) is 0 Å². The van der Waals surface area contributed by atoms with Crippen molar-refractivity contribution in [2.75, 3.05) is 10.0 Å². The number of aryl methyl sites for hydroxylation is 2. The summed E-state index contributed by atoms with van der Waals surface area (Å²) in [4.78, 5) is 23.1. The summed E-state index contributed by atoms with van der Waals surface area (Å²) in [5, 5.41) is 13.6. The number of nitrogens with one attached hydrogen (secondary N) is 2. The smallest absolute Gasteiger partial charge is 0.272 e. The average Bonchev–Trinajstić information content (AvgIpc) is 2.70. The number of nitro benzene ring substituents is 1. The van der Waals surface area contributed by atoms with Crippen LogP contribution in [0.5, 0.6) is 0 Å². The highest BCUT2D eigenvalue weighted by Gasteiger charge is 2.17. The van der Waals surface area contributed by atoms with Crippen molar-refractivity contribution in [3.63, 3.8) is 0 Å². The molecule has 0 aliphatic heterocycles. The van der Waals surface area contributed by atoms with E-state index in [4.69, 9.17) is 0 Å². The maximum atomic E-state index is 12.6. The van der Waals surface area contributed by atoms with Crippen LogP contribution in [-0.2, 0) is 10.0 Å². The molecule has 0 atom stereocenters. The molecule has 9 heteroatoms. The predicted molar refractivity (Wildman–Crippen MR) is 114 cm³/mol. The lowest BCUT2D eigenvalue weighted by molar-refractivity contribution is -0.385. The number of carbonyl (C=O) groups is 1. The molecule has 0 aromatic heterocycles. The van der Waals surface area contributed by atoms with E-state index in [1.807, 2.05) is 0 Å². The average molecular weight is 425 g/mol. The second kappa shape index (κ2) is 8.34. The van der Waals surface area contributed by atoms with E-state index in [9.17, 15) is 23.3 Å². The number of sulfonamides is 1. The fourth-order valence-electron chi connectivity index (χ4n) is 2.82. The van der Waals surface area contributed by atoms with Crippen LogP contribution in [0, 0.1) is 24.0 Å². The van der Waals surface area contributed by atoms with Crippen LogP contribution in [0.4, 0.5) is 17.1 Å². The normalized spacial score (nSPS) is 11.0. The molecular formula is C21H19N3O5S. The SMILES string of the molecule is Cc1ccc(NC(=O)c2ccc([N+](=O)[O-])c(C)c2)cc1NS(=O)(=O)c1ccccc1. The molecule has 2 N–H and O–H groups in total. The van der Waals surface area contributed by atoms with Crippen LogP contribution in [-0.4, -0.2) is 19.2 Å². The van der Waals surface area contributed by atoms with Gasteiger partial charge in [0, 0.05) is 22.9 Å².